The van der Waals surface area contributed by atoms with Crippen LogP contribution >= 0.6 is 11.6 Å². The minimum absolute atomic E-state index is 0.256. The predicted octanol–water partition coefficient (Wildman–Crippen LogP) is 2.74. The number of benzene rings is 1. The van der Waals surface area contributed by atoms with Crippen LogP contribution in [0, 0.1) is 5.92 Å². The summed E-state index contributed by atoms with van der Waals surface area (Å²) in [7, 11) is 0. The van der Waals surface area contributed by atoms with Crippen LogP contribution in [0.2, 0.25) is 5.02 Å². The monoisotopic (exact) mass is 227 g/mol. The molecule has 3 nitrogen and oxygen atoms in total. The Balaban J connectivity index is 2.78. The third kappa shape index (κ3) is 3.13. The summed E-state index contributed by atoms with van der Waals surface area (Å²) in [5.41, 5.74) is 6.28. The number of hydrogen-bond acceptors (Lipinski definition) is 3. The highest BCUT2D eigenvalue weighted by atomic mass is 35.5. The second-order valence-corrected chi connectivity index (χ2v) is 4.08. The summed E-state index contributed by atoms with van der Waals surface area (Å²) >= 11 is 5.88. The molecule has 0 unspecified atom stereocenters. The van der Waals surface area contributed by atoms with Crippen molar-refractivity contribution < 1.29 is 9.53 Å². The summed E-state index contributed by atoms with van der Waals surface area (Å²) < 4.78 is 5.05. The predicted molar refractivity (Wildman–Crippen MR) is 61.0 cm³/mol. The van der Waals surface area contributed by atoms with Crippen molar-refractivity contribution in [1.82, 2.24) is 0 Å². The number of anilines is 1. The van der Waals surface area contributed by atoms with Crippen LogP contribution in [-0.2, 0) is 4.74 Å². The lowest BCUT2D eigenvalue weighted by Crippen LogP contribution is -2.11. The Morgan fingerprint density at radius 3 is 2.80 bits per heavy atom. The topological polar surface area (TPSA) is 52.3 Å². The molecule has 0 heterocycles. The van der Waals surface area contributed by atoms with Crippen LogP contribution < -0.4 is 5.73 Å². The van der Waals surface area contributed by atoms with Crippen LogP contribution in [0.1, 0.15) is 24.2 Å². The van der Waals surface area contributed by atoms with Gasteiger partial charge < -0.3 is 10.5 Å². The van der Waals surface area contributed by atoms with Crippen LogP contribution in [0.5, 0.6) is 0 Å². The lowest BCUT2D eigenvalue weighted by Gasteiger charge is -2.08. The fourth-order valence-electron chi connectivity index (χ4n) is 1.03. The molecule has 0 amide bonds. The number of carbonyl (C=O) groups excluding carboxylic acids is 1. The van der Waals surface area contributed by atoms with E-state index in [4.69, 9.17) is 22.1 Å². The highest BCUT2D eigenvalue weighted by molar-refractivity contribution is 6.36. The highest BCUT2D eigenvalue weighted by Crippen LogP contribution is 2.23. The summed E-state index contributed by atoms with van der Waals surface area (Å²) in [6.07, 6.45) is 0. The molecule has 15 heavy (non-hydrogen) atoms. The molecule has 0 aliphatic rings. The van der Waals surface area contributed by atoms with Gasteiger partial charge in [-0.1, -0.05) is 31.5 Å². The molecule has 0 atom stereocenters. The maximum atomic E-state index is 11.6. The molecule has 0 saturated carbocycles. The number of halogens is 1. The van der Waals surface area contributed by atoms with Crippen LogP contribution in [0.25, 0.3) is 0 Å². The lowest BCUT2D eigenvalue weighted by molar-refractivity contribution is 0.0459. The van der Waals surface area contributed by atoms with E-state index in [0.29, 0.717) is 23.8 Å². The van der Waals surface area contributed by atoms with E-state index in [1.54, 1.807) is 18.2 Å². The molecule has 0 spiro atoms. The minimum atomic E-state index is -0.430. The van der Waals surface area contributed by atoms with E-state index >= 15 is 0 Å². The number of esters is 1. The van der Waals surface area contributed by atoms with E-state index in [1.165, 1.54) is 0 Å². The van der Waals surface area contributed by atoms with Crippen molar-refractivity contribution in [2.45, 2.75) is 13.8 Å². The SMILES string of the molecule is CC(C)COC(=O)c1cccc(N)c1Cl. The maximum Gasteiger partial charge on any atom is 0.339 e. The number of hydrogen-bond donors (Lipinski definition) is 1. The van der Waals surface area contributed by atoms with E-state index in [2.05, 4.69) is 0 Å². The van der Waals surface area contributed by atoms with Gasteiger partial charge in [0, 0.05) is 0 Å². The van der Waals surface area contributed by atoms with Gasteiger partial charge in [-0.25, -0.2) is 4.79 Å². The number of ether oxygens (including phenoxy) is 1. The Morgan fingerprint density at radius 1 is 1.53 bits per heavy atom. The first kappa shape index (κ1) is 11.9. The third-order valence-electron chi connectivity index (χ3n) is 1.80. The van der Waals surface area contributed by atoms with Gasteiger partial charge >= 0.3 is 5.97 Å². The Bertz CT molecular complexity index is 364. The Kier molecular flexibility index (Phi) is 3.97. The molecule has 0 fully saturated rings. The zero-order valence-corrected chi connectivity index (χ0v) is 9.54. The number of nitrogens with two attached hydrogens (primary N) is 1. The second-order valence-electron chi connectivity index (χ2n) is 3.70. The third-order valence-corrected chi connectivity index (χ3v) is 2.22. The van der Waals surface area contributed by atoms with Gasteiger partial charge in [0.25, 0.3) is 0 Å². The summed E-state index contributed by atoms with van der Waals surface area (Å²) in [6.45, 7) is 4.31. The van der Waals surface area contributed by atoms with Crippen molar-refractivity contribution >= 4 is 23.3 Å². The largest absolute Gasteiger partial charge is 0.462 e. The van der Waals surface area contributed by atoms with Crippen molar-refractivity contribution in [1.29, 1.82) is 0 Å². The fraction of sp³-hybridized carbons (Fsp3) is 0.364. The molecule has 0 aliphatic heterocycles. The van der Waals surface area contributed by atoms with E-state index in [0.717, 1.165) is 0 Å². The summed E-state index contributed by atoms with van der Waals surface area (Å²) in [5, 5.41) is 0.256. The Hall–Kier alpha value is -1.22. The summed E-state index contributed by atoms with van der Waals surface area (Å²) in [5.74, 6) is -0.130. The van der Waals surface area contributed by atoms with Crippen molar-refractivity contribution in [3.63, 3.8) is 0 Å². The molecule has 0 saturated heterocycles. The molecule has 82 valence electrons. The lowest BCUT2D eigenvalue weighted by atomic mass is 10.2. The molecule has 4 heteroatoms. The van der Waals surface area contributed by atoms with Crippen molar-refractivity contribution in [2.24, 2.45) is 5.92 Å². The number of carbonyl (C=O) groups is 1. The van der Waals surface area contributed by atoms with E-state index in [1.807, 2.05) is 13.8 Å². The summed E-state index contributed by atoms with van der Waals surface area (Å²) in [6, 6.07) is 4.91. The van der Waals surface area contributed by atoms with Crippen molar-refractivity contribution in [2.75, 3.05) is 12.3 Å². The zero-order chi connectivity index (χ0) is 11.4. The first-order valence-corrected chi connectivity index (χ1v) is 5.11. The van der Waals surface area contributed by atoms with Gasteiger partial charge in [-0.3, -0.25) is 0 Å². The second kappa shape index (κ2) is 5.03. The van der Waals surface area contributed by atoms with Gasteiger partial charge in [-0.15, -0.1) is 0 Å². The summed E-state index contributed by atoms with van der Waals surface area (Å²) in [4.78, 5) is 11.6. The first-order valence-electron chi connectivity index (χ1n) is 4.73. The average molecular weight is 228 g/mol. The first-order chi connectivity index (χ1) is 7.02. The highest BCUT2D eigenvalue weighted by Gasteiger charge is 2.13. The normalized spacial score (nSPS) is 10.4. The van der Waals surface area contributed by atoms with Crippen molar-refractivity contribution in [3.05, 3.63) is 28.8 Å². The molecule has 1 rings (SSSR count). The quantitative estimate of drug-likeness (QED) is 0.638. The van der Waals surface area contributed by atoms with Gasteiger partial charge in [-0.2, -0.15) is 0 Å². The van der Waals surface area contributed by atoms with E-state index in [-0.39, 0.29) is 5.02 Å². The van der Waals surface area contributed by atoms with Crippen molar-refractivity contribution in [3.8, 4) is 0 Å². The van der Waals surface area contributed by atoms with Crippen LogP contribution in [-0.4, -0.2) is 12.6 Å². The standard InChI is InChI=1S/C11H14ClNO2/c1-7(2)6-15-11(14)8-4-3-5-9(13)10(8)12/h3-5,7H,6,13H2,1-2H3. The molecular weight excluding hydrogens is 214 g/mol. The van der Waals surface area contributed by atoms with Gasteiger partial charge in [0.05, 0.1) is 22.9 Å². The average Bonchev–Trinajstić information content (AvgIpc) is 2.18. The number of rotatable bonds is 3. The Morgan fingerprint density at radius 2 is 2.20 bits per heavy atom. The Labute approximate surface area is 94.2 Å². The van der Waals surface area contributed by atoms with Crippen LogP contribution in [0.3, 0.4) is 0 Å². The van der Waals surface area contributed by atoms with E-state index < -0.39 is 5.97 Å². The van der Waals surface area contributed by atoms with Gasteiger partial charge in [0.1, 0.15) is 0 Å². The van der Waals surface area contributed by atoms with Crippen LogP contribution in [0.4, 0.5) is 5.69 Å². The van der Waals surface area contributed by atoms with Gasteiger partial charge in [0.15, 0.2) is 0 Å². The molecular formula is C11H14ClNO2. The number of nitrogen functional groups attached to an aromatic ring is 1. The smallest absolute Gasteiger partial charge is 0.339 e. The fourth-order valence-corrected chi connectivity index (χ4v) is 1.23. The van der Waals surface area contributed by atoms with Crippen LogP contribution in [0.15, 0.2) is 18.2 Å². The molecule has 1 aromatic carbocycles. The van der Waals surface area contributed by atoms with Gasteiger partial charge in [-0.05, 0) is 18.1 Å². The molecule has 1 aromatic rings. The molecule has 2 N–H and O–H groups in total. The molecule has 0 bridgehead atoms. The molecule has 0 aromatic heterocycles. The molecule has 0 aliphatic carbocycles. The zero-order valence-electron chi connectivity index (χ0n) is 8.79. The molecule has 0 radical (unpaired) electrons. The van der Waals surface area contributed by atoms with Gasteiger partial charge in [0.2, 0.25) is 0 Å². The minimum Gasteiger partial charge on any atom is -0.462 e. The maximum absolute atomic E-state index is 11.6. The van der Waals surface area contributed by atoms with E-state index in [9.17, 15) is 4.79 Å².